The lowest BCUT2D eigenvalue weighted by atomic mass is 10.1. The van der Waals surface area contributed by atoms with Crippen molar-refractivity contribution in [2.24, 2.45) is 0 Å². The van der Waals surface area contributed by atoms with Gasteiger partial charge in [0.2, 0.25) is 0 Å². The normalized spacial score (nSPS) is 11.3. The van der Waals surface area contributed by atoms with Crippen molar-refractivity contribution in [3.63, 3.8) is 0 Å². The maximum absolute atomic E-state index is 11.3. The summed E-state index contributed by atoms with van der Waals surface area (Å²) in [4.78, 5) is 12.4. The van der Waals surface area contributed by atoms with E-state index in [9.17, 15) is 15.0 Å². The van der Waals surface area contributed by atoms with Crippen molar-refractivity contribution in [2.75, 3.05) is 5.75 Å². The Hall–Kier alpha value is -2.92. The third kappa shape index (κ3) is 3.45. The van der Waals surface area contributed by atoms with E-state index in [1.54, 1.807) is 23.9 Å². The monoisotopic (exact) mass is 391 g/mol. The first-order valence-electron chi connectivity index (χ1n) is 9.23. The number of benzene rings is 3. The first-order chi connectivity index (χ1) is 13.6. The Balaban J connectivity index is 2.03. The van der Waals surface area contributed by atoms with Gasteiger partial charge in [0.05, 0.1) is 11.9 Å². The number of aromatic hydroxyl groups is 1. The van der Waals surface area contributed by atoms with Crippen LogP contribution in [0.3, 0.4) is 0 Å². The van der Waals surface area contributed by atoms with Crippen LogP contribution in [-0.4, -0.2) is 26.5 Å². The first-order valence-corrected chi connectivity index (χ1v) is 10.2. The molecule has 0 amide bonds. The van der Waals surface area contributed by atoms with Gasteiger partial charge in [0.25, 0.3) is 0 Å². The molecule has 0 unspecified atom stereocenters. The van der Waals surface area contributed by atoms with Gasteiger partial charge < -0.3 is 14.8 Å². The number of aromatic nitrogens is 1. The van der Waals surface area contributed by atoms with Crippen LogP contribution in [-0.2, 0) is 17.8 Å². The number of fused-ring (bicyclic) bond motifs is 3. The van der Waals surface area contributed by atoms with Crippen LogP contribution in [0.15, 0.2) is 65.6 Å². The van der Waals surface area contributed by atoms with E-state index in [2.05, 4.69) is 23.6 Å². The average molecular weight is 391 g/mol. The maximum Gasteiger partial charge on any atom is 0.307 e. The van der Waals surface area contributed by atoms with Gasteiger partial charge in [-0.1, -0.05) is 37.3 Å². The van der Waals surface area contributed by atoms with Gasteiger partial charge in [-0.15, -0.1) is 11.8 Å². The second-order valence-corrected chi connectivity index (χ2v) is 8.07. The van der Waals surface area contributed by atoms with Crippen molar-refractivity contribution in [1.82, 2.24) is 4.57 Å². The molecule has 0 spiro atoms. The molecule has 0 aliphatic rings. The lowest BCUT2D eigenvalue weighted by Gasteiger charge is -2.10. The average Bonchev–Trinajstić information content (AvgIpc) is 2.95. The van der Waals surface area contributed by atoms with Crippen molar-refractivity contribution in [1.29, 1.82) is 0 Å². The van der Waals surface area contributed by atoms with Crippen molar-refractivity contribution in [3.8, 4) is 5.75 Å². The maximum atomic E-state index is 11.3. The number of nitrogens with zero attached hydrogens (tertiary/aromatic N) is 1. The van der Waals surface area contributed by atoms with Crippen molar-refractivity contribution in [2.45, 2.75) is 24.8 Å². The van der Waals surface area contributed by atoms with E-state index in [0.717, 1.165) is 38.0 Å². The molecule has 0 bridgehead atoms. The molecule has 2 N–H and O–H groups in total. The number of hydrogen-bond donors (Lipinski definition) is 2. The Bertz CT molecular complexity index is 1170. The van der Waals surface area contributed by atoms with Crippen LogP contribution < -0.4 is 0 Å². The quantitative estimate of drug-likeness (QED) is 0.439. The minimum atomic E-state index is -0.838. The summed E-state index contributed by atoms with van der Waals surface area (Å²) in [6.07, 6.45) is -0.00860. The zero-order valence-corrected chi connectivity index (χ0v) is 16.4. The Kier molecular flexibility index (Phi) is 5.01. The molecule has 28 heavy (non-hydrogen) atoms. The summed E-state index contributed by atoms with van der Waals surface area (Å²) in [5.74, 6) is 0.277. The largest absolute Gasteiger partial charge is 0.508 e. The second-order valence-electron chi connectivity index (χ2n) is 6.76. The zero-order chi connectivity index (χ0) is 19.7. The molecule has 142 valence electrons. The Morgan fingerprint density at radius 3 is 2.50 bits per heavy atom. The molecule has 0 atom stereocenters. The minimum Gasteiger partial charge on any atom is -0.508 e. The number of rotatable bonds is 6. The van der Waals surface area contributed by atoms with Crippen LogP contribution in [0.5, 0.6) is 5.75 Å². The van der Waals surface area contributed by atoms with Gasteiger partial charge in [-0.3, -0.25) is 4.79 Å². The van der Waals surface area contributed by atoms with Crippen LogP contribution in [0.4, 0.5) is 0 Å². The molecule has 4 aromatic rings. The van der Waals surface area contributed by atoms with Gasteiger partial charge in [-0.2, -0.15) is 0 Å². The predicted octanol–water partition coefficient (Wildman–Crippen LogP) is 5.29. The molecule has 5 heteroatoms. The lowest BCUT2D eigenvalue weighted by Crippen LogP contribution is -2.02. The molecule has 4 rings (SSSR count). The third-order valence-electron chi connectivity index (χ3n) is 4.81. The summed E-state index contributed by atoms with van der Waals surface area (Å²) in [6, 6.07) is 19.6. The van der Waals surface area contributed by atoms with E-state index in [1.807, 2.05) is 36.4 Å². The number of phenolic OH excluding ortho intramolecular Hbond substituents is 1. The fourth-order valence-corrected chi connectivity index (χ4v) is 4.62. The van der Waals surface area contributed by atoms with Crippen LogP contribution >= 0.6 is 11.8 Å². The van der Waals surface area contributed by atoms with Crippen molar-refractivity contribution < 1.29 is 15.0 Å². The first kappa shape index (κ1) is 18.4. The summed E-state index contributed by atoms with van der Waals surface area (Å²) in [5.41, 5.74) is 3.99. The van der Waals surface area contributed by atoms with Gasteiger partial charge >= 0.3 is 5.97 Å². The van der Waals surface area contributed by atoms with E-state index >= 15 is 0 Å². The molecule has 0 saturated carbocycles. The zero-order valence-electron chi connectivity index (χ0n) is 15.6. The summed E-state index contributed by atoms with van der Waals surface area (Å²) < 4.78 is 2.21. The molecule has 1 aromatic heterocycles. The van der Waals surface area contributed by atoms with Crippen LogP contribution in [0.25, 0.3) is 21.8 Å². The summed E-state index contributed by atoms with van der Waals surface area (Å²) in [6.45, 7) is 2.76. The minimum absolute atomic E-state index is 0.00860. The van der Waals surface area contributed by atoms with E-state index < -0.39 is 5.97 Å². The highest BCUT2D eigenvalue weighted by molar-refractivity contribution is 7.99. The fourth-order valence-electron chi connectivity index (χ4n) is 3.71. The smallest absolute Gasteiger partial charge is 0.307 e. The molecule has 0 aliphatic heterocycles. The molecule has 0 radical (unpaired) electrons. The molecule has 0 aliphatic carbocycles. The number of phenols is 1. The fraction of sp³-hybridized carbons (Fsp3) is 0.174. The van der Waals surface area contributed by atoms with Crippen LogP contribution in [0.2, 0.25) is 0 Å². The van der Waals surface area contributed by atoms with Crippen molar-refractivity contribution in [3.05, 3.63) is 71.8 Å². The SMILES string of the molecule is CCSc1cc(CC(=O)O)cc2c1c1cc(O)ccc1n2Cc1ccccc1. The van der Waals surface area contributed by atoms with Gasteiger partial charge in [0.15, 0.2) is 0 Å². The highest BCUT2D eigenvalue weighted by Gasteiger charge is 2.17. The Labute approximate surface area is 167 Å². The van der Waals surface area contributed by atoms with Crippen LogP contribution in [0.1, 0.15) is 18.1 Å². The van der Waals surface area contributed by atoms with Crippen molar-refractivity contribution >= 4 is 39.5 Å². The Morgan fingerprint density at radius 2 is 1.79 bits per heavy atom. The molecule has 0 saturated heterocycles. The van der Waals surface area contributed by atoms with E-state index in [1.165, 1.54) is 5.56 Å². The highest BCUT2D eigenvalue weighted by Crippen LogP contribution is 2.39. The number of hydrogen-bond acceptors (Lipinski definition) is 3. The van der Waals surface area contributed by atoms with Gasteiger partial charge in [0.1, 0.15) is 5.75 Å². The molecular formula is C23H21NO3S. The summed E-state index contributed by atoms with van der Waals surface area (Å²) in [7, 11) is 0. The summed E-state index contributed by atoms with van der Waals surface area (Å²) in [5, 5.41) is 21.4. The molecular weight excluding hydrogens is 370 g/mol. The van der Waals surface area contributed by atoms with E-state index in [4.69, 9.17) is 0 Å². The van der Waals surface area contributed by atoms with E-state index in [-0.39, 0.29) is 12.2 Å². The lowest BCUT2D eigenvalue weighted by molar-refractivity contribution is -0.136. The van der Waals surface area contributed by atoms with E-state index in [0.29, 0.717) is 6.54 Å². The standard InChI is InChI=1S/C23H21NO3S/c1-2-28-21-11-16(12-22(26)27)10-20-23(21)18-13-17(25)8-9-19(18)24(20)14-15-6-4-3-5-7-15/h3-11,13,25H,2,12,14H2,1H3,(H,26,27). The number of carbonyl (C=O) groups is 1. The molecule has 1 heterocycles. The number of thioether (sulfide) groups is 1. The number of carboxylic acid groups (broad SMARTS) is 1. The highest BCUT2D eigenvalue weighted by atomic mass is 32.2. The molecule has 4 nitrogen and oxygen atoms in total. The Morgan fingerprint density at radius 1 is 1.00 bits per heavy atom. The number of carboxylic acids is 1. The van der Waals surface area contributed by atoms with Gasteiger partial charge in [-0.25, -0.2) is 0 Å². The summed E-state index contributed by atoms with van der Waals surface area (Å²) >= 11 is 1.70. The van der Waals surface area contributed by atoms with Crippen LogP contribution in [0, 0.1) is 0 Å². The third-order valence-corrected chi connectivity index (χ3v) is 5.73. The predicted molar refractivity (Wildman–Crippen MR) is 114 cm³/mol. The number of aliphatic carboxylic acids is 1. The molecule has 0 fully saturated rings. The van der Waals surface area contributed by atoms with Gasteiger partial charge in [0, 0.05) is 27.7 Å². The second kappa shape index (κ2) is 7.60. The molecule has 3 aromatic carbocycles. The topological polar surface area (TPSA) is 62.5 Å². The van der Waals surface area contributed by atoms with Gasteiger partial charge in [-0.05, 0) is 47.2 Å².